The lowest BCUT2D eigenvalue weighted by atomic mass is 10.0. The standard InChI is InChI=1S/C16H21ClN4O/c1-11(2)15-14(16(22)19-8-4-7-18)10-20-21(15)13-6-3-5-12(17)9-13/h3,5-6,9-11H,4,7-8,18H2,1-2H3,(H,19,22). The number of hydrogen-bond donors (Lipinski definition) is 2. The van der Waals surface area contributed by atoms with Gasteiger partial charge in [-0.05, 0) is 37.1 Å². The fraction of sp³-hybridized carbons (Fsp3) is 0.375. The zero-order valence-electron chi connectivity index (χ0n) is 12.8. The minimum absolute atomic E-state index is 0.120. The number of rotatable bonds is 6. The molecule has 22 heavy (non-hydrogen) atoms. The van der Waals surface area contributed by atoms with E-state index in [1.54, 1.807) is 10.9 Å². The van der Waals surface area contributed by atoms with Crippen LogP contribution in [0.15, 0.2) is 30.5 Å². The minimum Gasteiger partial charge on any atom is -0.352 e. The Morgan fingerprint density at radius 3 is 2.86 bits per heavy atom. The fourth-order valence-corrected chi connectivity index (χ4v) is 2.49. The Bertz CT molecular complexity index is 651. The quantitative estimate of drug-likeness (QED) is 0.804. The Labute approximate surface area is 135 Å². The normalized spacial score (nSPS) is 11.0. The summed E-state index contributed by atoms with van der Waals surface area (Å²) < 4.78 is 1.77. The third kappa shape index (κ3) is 3.67. The molecule has 5 nitrogen and oxygen atoms in total. The van der Waals surface area contributed by atoms with Gasteiger partial charge < -0.3 is 11.1 Å². The molecular formula is C16H21ClN4O. The van der Waals surface area contributed by atoms with Crippen LogP contribution in [0, 0.1) is 0 Å². The maximum absolute atomic E-state index is 12.3. The van der Waals surface area contributed by atoms with Crippen molar-refractivity contribution in [2.75, 3.05) is 13.1 Å². The van der Waals surface area contributed by atoms with Gasteiger partial charge in [-0.1, -0.05) is 31.5 Å². The predicted octanol–water partition coefficient (Wildman–Crippen LogP) is 2.73. The van der Waals surface area contributed by atoms with Crippen LogP contribution >= 0.6 is 11.6 Å². The van der Waals surface area contributed by atoms with E-state index >= 15 is 0 Å². The van der Waals surface area contributed by atoms with Crippen molar-refractivity contribution < 1.29 is 4.79 Å². The van der Waals surface area contributed by atoms with E-state index in [4.69, 9.17) is 17.3 Å². The molecule has 0 saturated heterocycles. The average molecular weight is 321 g/mol. The van der Waals surface area contributed by atoms with E-state index in [0.29, 0.717) is 23.7 Å². The van der Waals surface area contributed by atoms with Crippen molar-refractivity contribution in [3.63, 3.8) is 0 Å². The van der Waals surface area contributed by atoms with Crippen LogP contribution in [0.25, 0.3) is 5.69 Å². The van der Waals surface area contributed by atoms with E-state index in [1.165, 1.54) is 0 Å². The summed E-state index contributed by atoms with van der Waals surface area (Å²) in [5, 5.41) is 7.88. The number of carbonyl (C=O) groups excluding carboxylic acids is 1. The van der Waals surface area contributed by atoms with Crippen molar-refractivity contribution >= 4 is 17.5 Å². The molecule has 0 atom stereocenters. The Morgan fingerprint density at radius 2 is 2.23 bits per heavy atom. The SMILES string of the molecule is CC(C)c1c(C(=O)NCCCN)cnn1-c1cccc(Cl)c1. The summed E-state index contributed by atoms with van der Waals surface area (Å²) in [5.41, 5.74) is 7.75. The van der Waals surface area contributed by atoms with E-state index in [2.05, 4.69) is 10.4 Å². The second kappa shape index (κ2) is 7.42. The van der Waals surface area contributed by atoms with Crippen molar-refractivity contribution in [3.8, 4) is 5.69 Å². The number of amides is 1. The fourth-order valence-electron chi connectivity index (χ4n) is 2.30. The highest BCUT2D eigenvalue weighted by Crippen LogP contribution is 2.24. The first-order valence-corrected chi connectivity index (χ1v) is 7.74. The van der Waals surface area contributed by atoms with Crippen LogP contribution in [0.3, 0.4) is 0 Å². The monoisotopic (exact) mass is 320 g/mol. The number of hydrogen-bond acceptors (Lipinski definition) is 3. The molecule has 2 rings (SSSR count). The average Bonchev–Trinajstić information content (AvgIpc) is 2.92. The van der Waals surface area contributed by atoms with Crippen LogP contribution in [0.1, 0.15) is 42.2 Å². The Hall–Kier alpha value is -1.85. The predicted molar refractivity (Wildman–Crippen MR) is 88.7 cm³/mol. The van der Waals surface area contributed by atoms with Crippen LogP contribution in [-0.2, 0) is 0 Å². The second-order valence-electron chi connectivity index (χ2n) is 5.39. The Balaban J connectivity index is 2.35. The van der Waals surface area contributed by atoms with Crippen molar-refractivity contribution in [1.29, 1.82) is 0 Å². The number of carbonyl (C=O) groups is 1. The van der Waals surface area contributed by atoms with E-state index in [9.17, 15) is 4.79 Å². The molecule has 118 valence electrons. The summed E-state index contributed by atoms with van der Waals surface area (Å²) in [6.07, 6.45) is 2.36. The molecule has 0 unspecified atom stereocenters. The smallest absolute Gasteiger partial charge is 0.254 e. The Kier molecular flexibility index (Phi) is 5.57. The van der Waals surface area contributed by atoms with E-state index in [-0.39, 0.29) is 11.8 Å². The van der Waals surface area contributed by atoms with Crippen molar-refractivity contribution in [1.82, 2.24) is 15.1 Å². The summed E-state index contributed by atoms with van der Waals surface area (Å²) in [7, 11) is 0. The van der Waals surface area contributed by atoms with Gasteiger partial charge in [0.25, 0.3) is 5.91 Å². The molecule has 2 aromatic rings. The number of aromatic nitrogens is 2. The molecule has 1 aromatic heterocycles. The first-order chi connectivity index (χ1) is 10.5. The maximum atomic E-state index is 12.3. The highest BCUT2D eigenvalue weighted by molar-refractivity contribution is 6.30. The van der Waals surface area contributed by atoms with Gasteiger partial charge in [-0.2, -0.15) is 5.10 Å². The lowest BCUT2D eigenvalue weighted by molar-refractivity contribution is 0.0952. The topological polar surface area (TPSA) is 72.9 Å². The van der Waals surface area contributed by atoms with Crippen LogP contribution in [0.4, 0.5) is 0 Å². The molecule has 0 aliphatic rings. The zero-order valence-corrected chi connectivity index (χ0v) is 13.6. The largest absolute Gasteiger partial charge is 0.352 e. The molecule has 0 radical (unpaired) electrons. The van der Waals surface area contributed by atoms with Gasteiger partial charge in [0.05, 0.1) is 23.1 Å². The Morgan fingerprint density at radius 1 is 1.45 bits per heavy atom. The molecule has 1 amide bonds. The molecule has 1 heterocycles. The number of nitrogens with zero attached hydrogens (tertiary/aromatic N) is 2. The first kappa shape index (κ1) is 16.5. The molecule has 0 saturated carbocycles. The molecule has 0 aliphatic heterocycles. The van der Waals surface area contributed by atoms with Crippen LogP contribution in [-0.4, -0.2) is 28.8 Å². The highest BCUT2D eigenvalue weighted by atomic mass is 35.5. The minimum atomic E-state index is -0.120. The summed E-state index contributed by atoms with van der Waals surface area (Å²) in [4.78, 5) is 12.3. The van der Waals surface area contributed by atoms with Gasteiger partial charge in [0.15, 0.2) is 0 Å². The van der Waals surface area contributed by atoms with Crippen molar-refractivity contribution in [2.45, 2.75) is 26.2 Å². The number of benzene rings is 1. The molecule has 0 aliphatic carbocycles. The molecule has 0 fully saturated rings. The summed E-state index contributed by atoms with van der Waals surface area (Å²) in [5.74, 6) is 0.0298. The first-order valence-electron chi connectivity index (χ1n) is 7.36. The van der Waals surface area contributed by atoms with Gasteiger partial charge in [-0.3, -0.25) is 4.79 Å². The summed E-state index contributed by atoms with van der Waals surface area (Å²) in [6.45, 7) is 5.19. The van der Waals surface area contributed by atoms with E-state index in [0.717, 1.165) is 17.8 Å². The summed E-state index contributed by atoms with van der Waals surface area (Å²) >= 11 is 6.05. The summed E-state index contributed by atoms with van der Waals surface area (Å²) in [6, 6.07) is 7.42. The third-order valence-corrected chi connectivity index (χ3v) is 3.55. The number of nitrogens with two attached hydrogens (primary N) is 1. The number of nitrogens with one attached hydrogen (secondary N) is 1. The number of halogens is 1. The van der Waals surface area contributed by atoms with Gasteiger partial charge in [-0.15, -0.1) is 0 Å². The lowest BCUT2D eigenvalue weighted by Gasteiger charge is -2.13. The van der Waals surface area contributed by atoms with Crippen LogP contribution in [0.2, 0.25) is 5.02 Å². The highest BCUT2D eigenvalue weighted by Gasteiger charge is 2.20. The van der Waals surface area contributed by atoms with Crippen LogP contribution in [0.5, 0.6) is 0 Å². The molecule has 0 bridgehead atoms. The van der Waals surface area contributed by atoms with Gasteiger partial charge in [-0.25, -0.2) is 4.68 Å². The van der Waals surface area contributed by atoms with Crippen molar-refractivity contribution in [3.05, 3.63) is 46.7 Å². The van der Waals surface area contributed by atoms with Gasteiger partial charge in [0, 0.05) is 11.6 Å². The third-order valence-electron chi connectivity index (χ3n) is 3.32. The van der Waals surface area contributed by atoms with Gasteiger partial charge >= 0.3 is 0 Å². The van der Waals surface area contributed by atoms with Crippen molar-refractivity contribution in [2.24, 2.45) is 5.73 Å². The lowest BCUT2D eigenvalue weighted by Crippen LogP contribution is -2.27. The van der Waals surface area contributed by atoms with Gasteiger partial charge in [0.1, 0.15) is 0 Å². The molecule has 1 aromatic carbocycles. The molecule has 6 heteroatoms. The zero-order chi connectivity index (χ0) is 16.1. The van der Waals surface area contributed by atoms with Gasteiger partial charge in [0.2, 0.25) is 0 Å². The second-order valence-corrected chi connectivity index (χ2v) is 5.82. The molecule has 3 N–H and O–H groups in total. The maximum Gasteiger partial charge on any atom is 0.254 e. The van der Waals surface area contributed by atoms with E-state index in [1.807, 2.05) is 38.1 Å². The van der Waals surface area contributed by atoms with E-state index < -0.39 is 0 Å². The molecular weight excluding hydrogens is 300 g/mol. The van der Waals surface area contributed by atoms with Crippen LogP contribution < -0.4 is 11.1 Å². The molecule has 0 spiro atoms.